The van der Waals surface area contributed by atoms with Crippen LogP contribution in [0.5, 0.6) is 11.5 Å². The third-order valence-corrected chi connectivity index (χ3v) is 7.72. The maximum absolute atomic E-state index is 14.5. The normalized spacial score (nSPS) is 19.4. The van der Waals surface area contributed by atoms with Gasteiger partial charge in [-0.3, -0.25) is 9.59 Å². The van der Waals surface area contributed by atoms with Gasteiger partial charge in [0.2, 0.25) is 5.91 Å². The Morgan fingerprint density at radius 3 is 2.56 bits per heavy atom. The van der Waals surface area contributed by atoms with E-state index in [0.29, 0.717) is 54.9 Å². The van der Waals surface area contributed by atoms with Gasteiger partial charge < -0.3 is 24.4 Å². The highest BCUT2D eigenvalue weighted by molar-refractivity contribution is 6.03. The largest absolute Gasteiger partial charge is 0.482 e. The van der Waals surface area contributed by atoms with E-state index >= 15 is 0 Å². The Bertz CT molecular complexity index is 1360. The lowest BCUT2D eigenvalue weighted by atomic mass is 9.84. The first-order valence-electron chi connectivity index (χ1n) is 13.3. The fourth-order valence-corrected chi connectivity index (χ4v) is 5.32. The number of nitrogens with one attached hydrogen (secondary N) is 1. The van der Waals surface area contributed by atoms with Gasteiger partial charge in [-0.05, 0) is 35.4 Å². The van der Waals surface area contributed by atoms with Crippen molar-refractivity contribution in [1.82, 2.24) is 5.32 Å². The van der Waals surface area contributed by atoms with Gasteiger partial charge in [0.25, 0.3) is 5.91 Å². The highest BCUT2D eigenvalue weighted by Gasteiger charge is 2.51. The molecule has 2 heterocycles. The molecule has 1 saturated heterocycles. The number of nitrogens with zero attached hydrogens (tertiary/aromatic N) is 1. The van der Waals surface area contributed by atoms with Crippen LogP contribution in [0.25, 0.3) is 10.8 Å². The smallest absolute Gasteiger partial charge is 0.387 e. The van der Waals surface area contributed by atoms with Crippen molar-refractivity contribution in [3.05, 3.63) is 66.2 Å². The molecule has 206 valence electrons. The summed E-state index contributed by atoms with van der Waals surface area (Å²) < 4.78 is 44.0. The molecule has 0 bridgehead atoms. The molecule has 0 aliphatic carbocycles. The summed E-state index contributed by atoms with van der Waals surface area (Å²) in [5.41, 5.74) is -0.0965. The lowest BCUT2D eigenvalue weighted by Gasteiger charge is -2.41. The number of rotatable bonds is 7. The van der Waals surface area contributed by atoms with Crippen LogP contribution in [0.2, 0.25) is 0 Å². The summed E-state index contributed by atoms with van der Waals surface area (Å²) in [5, 5.41) is 4.50. The Kier molecular flexibility index (Phi) is 7.70. The van der Waals surface area contributed by atoms with Crippen LogP contribution in [0.4, 0.5) is 14.5 Å². The Morgan fingerprint density at radius 2 is 1.82 bits per heavy atom. The fraction of sp³-hybridized carbons (Fsp3) is 0.400. The number of hydrogen-bond donors (Lipinski definition) is 1. The van der Waals surface area contributed by atoms with E-state index in [0.717, 1.165) is 5.39 Å². The maximum Gasteiger partial charge on any atom is 0.387 e. The molecule has 1 spiro atoms. The van der Waals surface area contributed by atoms with Gasteiger partial charge in [-0.25, -0.2) is 0 Å². The van der Waals surface area contributed by atoms with Gasteiger partial charge in [0, 0.05) is 24.3 Å². The van der Waals surface area contributed by atoms with Crippen molar-refractivity contribution in [2.75, 3.05) is 18.1 Å². The van der Waals surface area contributed by atoms with Gasteiger partial charge in [-0.15, -0.1) is 0 Å². The van der Waals surface area contributed by atoms with Gasteiger partial charge in [0.15, 0.2) is 0 Å². The second-order valence-electron chi connectivity index (χ2n) is 10.1. The minimum absolute atomic E-state index is 0.0138. The van der Waals surface area contributed by atoms with Gasteiger partial charge in [-0.2, -0.15) is 8.78 Å². The zero-order valence-electron chi connectivity index (χ0n) is 22.0. The molecular formula is C30H32F2N2O5. The number of ether oxygens (including phenoxy) is 3. The molecule has 2 aliphatic rings. The summed E-state index contributed by atoms with van der Waals surface area (Å²) in [7, 11) is 0. The standard InChI is InChI=1S/C30H32F2N2O5/c1-3-19(2)27(35)33-26-28(36)34(23-10-6-7-11-25(23)39-30(26)14-16-37-17-15-30)18-22-21-9-5-4-8-20(21)12-13-24(22)38-29(31)32/h4-13,19,26,29H,3,14-18H2,1-2H3,(H,33,35)/t19-,26+/m1/s1. The van der Waals surface area contributed by atoms with Crippen LogP contribution in [0.3, 0.4) is 0 Å². The third kappa shape index (κ3) is 5.28. The molecule has 2 amide bonds. The molecule has 0 saturated carbocycles. The number of amides is 2. The summed E-state index contributed by atoms with van der Waals surface area (Å²) in [6.07, 6.45) is 1.42. The molecule has 0 unspecified atom stereocenters. The molecule has 7 nitrogen and oxygen atoms in total. The predicted molar refractivity (Wildman–Crippen MR) is 143 cm³/mol. The SMILES string of the molecule is CC[C@@H](C)C(=O)N[C@H]1C(=O)N(Cc2c(OC(F)F)ccc3ccccc23)c2ccccc2OC12CCOCC2. The molecular weight excluding hydrogens is 506 g/mol. The predicted octanol–water partition coefficient (Wildman–Crippen LogP) is 5.45. The molecule has 1 N–H and O–H groups in total. The van der Waals surface area contributed by atoms with Crippen molar-refractivity contribution in [1.29, 1.82) is 0 Å². The molecule has 1 fully saturated rings. The molecule has 2 aliphatic heterocycles. The quantitative estimate of drug-likeness (QED) is 0.433. The maximum atomic E-state index is 14.5. The Balaban J connectivity index is 1.64. The van der Waals surface area contributed by atoms with Crippen molar-refractivity contribution in [2.24, 2.45) is 5.92 Å². The van der Waals surface area contributed by atoms with Crippen LogP contribution >= 0.6 is 0 Å². The summed E-state index contributed by atoms with van der Waals surface area (Å²) in [5.74, 6) is -0.472. The summed E-state index contributed by atoms with van der Waals surface area (Å²) in [4.78, 5) is 29.2. The van der Waals surface area contributed by atoms with Crippen LogP contribution < -0.4 is 19.7 Å². The highest BCUT2D eigenvalue weighted by atomic mass is 19.3. The number of anilines is 1. The molecule has 5 rings (SSSR count). The minimum Gasteiger partial charge on any atom is -0.482 e. The summed E-state index contributed by atoms with van der Waals surface area (Å²) in [6.45, 7) is 1.37. The first-order chi connectivity index (χ1) is 18.8. The van der Waals surface area contributed by atoms with Crippen LogP contribution in [0.15, 0.2) is 60.7 Å². The van der Waals surface area contributed by atoms with Gasteiger partial charge >= 0.3 is 6.61 Å². The monoisotopic (exact) mass is 538 g/mol. The number of carbonyl (C=O) groups is 2. The van der Waals surface area contributed by atoms with Crippen molar-refractivity contribution >= 4 is 28.3 Å². The van der Waals surface area contributed by atoms with Crippen LogP contribution in [0.1, 0.15) is 38.7 Å². The van der Waals surface area contributed by atoms with Crippen molar-refractivity contribution in [2.45, 2.75) is 57.9 Å². The number of hydrogen-bond acceptors (Lipinski definition) is 5. The van der Waals surface area contributed by atoms with E-state index in [2.05, 4.69) is 5.32 Å². The minimum atomic E-state index is -3.03. The number of fused-ring (bicyclic) bond motifs is 2. The van der Waals surface area contributed by atoms with Crippen molar-refractivity contribution in [3.8, 4) is 11.5 Å². The Hall–Kier alpha value is -3.72. The number of para-hydroxylation sites is 2. The van der Waals surface area contributed by atoms with E-state index in [-0.39, 0.29) is 30.0 Å². The lowest BCUT2D eigenvalue weighted by molar-refractivity contribution is -0.138. The average Bonchev–Trinajstić information content (AvgIpc) is 3.03. The first kappa shape index (κ1) is 26.9. The number of carbonyl (C=O) groups excluding carboxylic acids is 2. The molecule has 9 heteroatoms. The van der Waals surface area contributed by atoms with Crippen LogP contribution in [-0.4, -0.2) is 43.3 Å². The molecule has 2 atom stereocenters. The Labute approximate surface area is 226 Å². The van der Waals surface area contributed by atoms with E-state index in [1.54, 1.807) is 24.3 Å². The van der Waals surface area contributed by atoms with E-state index in [4.69, 9.17) is 14.2 Å². The van der Waals surface area contributed by atoms with E-state index < -0.39 is 18.3 Å². The molecule has 0 radical (unpaired) electrons. The van der Waals surface area contributed by atoms with Crippen LogP contribution in [-0.2, 0) is 20.9 Å². The van der Waals surface area contributed by atoms with Crippen molar-refractivity contribution in [3.63, 3.8) is 0 Å². The fourth-order valence-electron chi connectivity index (χ4n) is 5.32. The van der Waals surface area contributed by atoms with Gasteiger partial charge in [0.05, 0.1) is 25.4 Å². The Morgan fingerprint density at radius 1 is 1.10 bits per heavy atom. The number of halogens is 2. The topological polar surface area (TPSA) is 77.1 Å². The van der Waals surface area contributed by atoms with E-state index in [9.17, 15) is 18.4 Å². The zero-order chi connectivity index (χ0) is 27.6. The zero-order valence-corrected chi connectivity index (χ0v) is 22.0. The lowest BCUT2D eigenvalue weighted by Crippen LogP contribution is -2.64. The third-order valence-electron chi connectivity index (χ3n) is 7.72. The number of benzene rings is 3. The van der Waals surface area contributed by atoms with E-state index in [1.807, 2.05) is 44.2 Å². The summed E-state index contributed by atoms with van der Waals surface area (Å²) in [6, 6.07) is 16.7. The summed E-state index contributed by atoms with van der Waals surface area (Å²) >= 11 is 0. The average molecular weight is 539 g/mol. The molecule has 39 heavy (non-hydrogen) atoms. The second-order valence-corrected chi connectivity index (χ2v) is 10.1. The molecule has 3 aromatic carbocycles. The van der Waals surface area contributed by atoms with Crippen molar-refractivity contribution < 1.29 is 32.6 Å². The van der Waals surface area contributed by atoms with E-state index in [1.165, 1.54) is 11.0 Å². The number of alkyl halides is 2. The van der Waals surface area contributed by atoms with Crippen LogP contribution in [0, 0.1) is 5.92 Å². The first-order valence-corrected chi connectivity index (χ1v) is 13.3. The molecule has 3 aromatic rings. The second kappa shape index (κ2) is 11.2. The van der Waals surface area contributed by atoms with Gasteiger partial charge in [-0.1, -0.05) is 56.3 Å². The highest BCUT2D eigenvalue weighted by Crippen LogP contribution is 2.42. The van der Waals surface area contributed by atoms with Gasteiger partial charge in [0.1, 0.15) is 23.1 Å². The molecule has 0 aromatic heterocycles.